The molecule has 128 valence electrons. The maximum Gasteiger partial charge on any atom is 0.224 e. The molecule has 1 aliphatic rings. The number of furan rings is 1. The number of benzene rings is 1. The molecule has 2 atom stereocenters. The Labute approximate surface area is 142 Å². The predicted molar refractivity (Wildman–Crippen MR) is 91.1 cm³/mol. The van der Waals surface area contributed by atoms with Gasteiger partial charge < -0.3 is 14.8 Å². The van der Waals surface area contributed by atoms with Gasteiger partial charge in [0.25, 0.3) is 0 Å². The number of aliphatic hydroxyl groups excluding tert-OH is 1. The van der Waals surface area contributed by atoms with Gasteiger partial charge in [0.15, 0.2) is 0 Å². The van der Waals surface area contributed by atoms with Crippen LogP contribution in [0, 0.1) is 5.92 Å². The molecule has 0 aliphatic carbocycles. The van der Waals surface area contributed by atoms with E-state index in [1.165, 1.54) is 11.8 Å². The van der Waals surface area contributed by atoms with Crippen molar-refractivity contribution in [1.29, 1.82) is 0 Å². The fraction of sp³-hybridized carbons (Fsp3) is 0.421. The van der Waals surface area contributed by atoms with Crippen molar-refractivity contribution in [3.05, 3.63) is 60.1 Å². The number of hydrogen-bond acceptors (Lipinski definition) is 4. The standard InChI is InChI=1S/C19H24N2O3/c22-17(18-9-5-11-24-18)12-20-19(23)16-8-4-10-21(14-16)13-15-6-2-1-3-7-15/h1-3,5-7,9,11,16-17,22H,4,8,10,12-14H2,(H,20,23). The van der Waals surface area contributed by atoms with Crippen molar-refractivity contribution in [3.63, 3.8) is 0 Å². The Balaban J connectivity index is 1.48. The first-order chi connectivity index (χ1) is 11.7. The number of amides is 1. The topological polar surface area (TPSA) is 65.7 Å². The van der Waals surface area contributed by atoms with Crippen LogP contribution < -0.4 is 5.32 Å². The van der Waals surface area contributed by atoms with Crippen LogP contribution in [-0.2, 0) is 11.3 Å². The Morgan fingerprint density at radius 3 is 2.88 bits per heavy atom. The summed E-state index contributed by atoms with van der Waals surface area (Å²) in [4.78, 5) is 14.7. The monoisotopic (exact) mass is 328 g/mol. The van der Waals surface area contributed by atoms with Gasteiger partial charge in [-0.3, -0.25) is 9.69 Å². The molecular weight excluding hydrogens is 304 g/mol. The van der Waals surface area contributed by atoms with Crippen LogP contribution in [0.15, 0.2) is 53.1 Å². The van der Waals surface area contributed by atoms with Crippen LogP contribution in [0.5, 0.6) is 0 Å². The average Bonchev–Trinajstić information content (AvgIpc) is 3.15. The molecule has 24 heavy (non-hydrogen) atoms. The van der Waals surface area contributed by atoms with Gasteiger partial charge in [-0.15, -0.1) is 0 Å². The van der Waals surface area contributed by atoms with E-state index in [4.69, 9.17) is 4.42 Å². The number of rotatable bonds is 6. The first-order valence-electron chi connectivity index (χ1n) is 8.48. The molecule has 0 spiro atoms. The largest absolute Gasteiger partial charge is 0.467 e. The van der Waals surface area contributed by atoms with Gasteiger partial charge in [0.05, 0.1) is 18.7 Å². The van der Waals surface area contributed by atoms with Crippen LogP contribution >= 0.6 is 0 Å². The van der Waals surface area contributed by atoms with Gasteiger partial charge in [-0.1, -0.05) is 30.3 Å². The lowest BCUT2D eigenvalue weighted by molar-refractivity contribution is -0.127. The van der Waals surface area contributed by atoms with E-state index in [0.717, 1.165) is 32.5 Å². The Bertz CT molecular complexity index is 627. The molecule has 1 saturated heterocycles. The molecule has 1 aliphatic heterocycles. The van der Waals surface area contributed by atoms with Crippen molar-refractivity contribution >= 4 is 5.91 Å². The van der Waals surface area contributed by atoms with Crippen molar-refractivity contribution in [1.82, 2.24) is 10.2 Å². The molecule has 5 heteroatoms. The van der Waals surface area contributed by atoms with Crippen LogP contribution in [0.4, 0.5) is 0 Å². The molecule has 1 aromatic carbocycles. The molecule has 0 radical (unpaired) electrons. The number of nitrogens with one attached hydrogen (secondary N) is 1. The number of piperidine rings is 1. The third-order valence-corrected chi connectivity index (χ3v) is 4.47. The summed E-state index contributed by atoms with van der Waals surface area (Å²) in [5.41, 5.74) is 1.27. The summed E-state index contributed by atoms with van der Waals surface area (Å²) < 4.78 is 5.15. The van der Waals surface area contributed by atoms with Gasteiger partial charge >= 0.3 is 0 Å². The van der Waals surface area contributed by atoms with Crippen LogP contribution in [0.1, 0.15) is 30.3 Å². The Morgan fingerprint density at radius 2 is 2.12 bits per heavy atom. The van der Waals surface area contributed by atoms with Gasteiger partial charge in [-0.05, 0) is 37.1 Å². The van der Waals surface area contributed by atoms with Crippen molar-refractivity contribution in [3.8, 4) is 0 Å². The van der Waals surface area contributed by atoms with Gasteiger partial charge in [-0.25, -0.2) is 0 Å². The molecule has 1 aromatic heterocycles. The number of aliphatic hydroxyl groups is 1. The molecular formula is C19H24N2O3. The van der Waals surface area contributed by atoms with E-state index in [1.807, 2.05) is 18.2 Å². The number of carbonyl (C=O) groups excluding carboxylic acids is 1. The van der Waals surface area contributed by atoms with Gasteiger partial charge in [0, 0.05) is 13.1 Å². The molecule has 2 heterocycles. The Morgan fingerprint density at radius 1 is 1.29 bits per heavy atom. The Hall–Kier alpha value is -2.11. The minimum absolute atomic E-state index is 0.0124. The van der Waals surface area contributed by atoms with E-state index in [9.17, 15) is 9.90 Å². The summed E-state index contributed by atoms with van der Waals surface area (Å²) in [7, 11) is 0. The van der Waals surface area contributed by atoms with Crippen molar-refractivity contribution in [2.24, 2.45) is 5.92 Å². The van der Waals surface area contributed by atoms with Gasteiger partial charge in [-0.2, -0.15) is 0 Å². The van der Waals surface area contributed by atoms with Crippen molar-refractivity contribution < 1.29 is 14.3 Å². The highest BCUT2D eigenvalue weighted by atomic mass is 16.4. The fourth-order valence-electron chi connectivity index (χ4n) is 3.18. The number of nitrogens with zero attached hydrogens (tertiary/aromatic N) is 1. The van der Waals surface area contributed by atoms with Crippen molar-refractivity contribution in [2.75, 3.05) is 19.6 Å². The molecule has 1 amide bonds. The highest BCUT2D eigenvalue weighted by Crippen LogP contribution is 2.19. The molecule has 3 rings (SSSR count). The second-order valence-electron chi connectivity index (χ2n) is 6.34. The number of carbonyl (C=O) groups is 1. The lowest BCUT2D eigenvalue weighted by atomic mass is 9.96. The molecule has 0 saturated carbocycles. The first kappa shape index (κ1) is 16.7. The normalized spacial score (nSPS) is 19.8. The zero-order valence-corrected chi connectivity index (χ0v) is 13.7. The lowest BCUT2D eigenvalue weighted by Crippen LogP contribution is -2.43. The molecule has 1 fully saturated rings. The molecule has 0 bridgehead atoms. The van der Waals surface area contributed by atoms with E-state index in [1.54, 1.807) is 12.1 Å². The van der Waals surface area contributed by atoms with Gasteiger partial charge in [0.1, 0.15) is 11.9 Å². The third kappa shape index (κ3) is 4.46. The summed E-state index contributed by atoms with van der Waals surface area (Å²) in [5.74, 6) is 0.467. The maximum atomic E-state index is 12.4. The van der Waals surface area contributed by atoms with Crippen LogP contribution in [0.2, 0.25) is 0 Å². The summed E-state index contributed by atoms with van der Waals surface area (Å²) in [6.45, 7) is 2.84. The van der Waals surface area contributed by atoms with Crippen molar-refractivity contribution in [2.45, 2.75) is 25.5 Å². The SMILES string of the molecule is O=C(NCC(O)c1ccco1)C1CCCN(Cc2ccccc2)C1. The van der Waals surface area contributed by atoms with Crippen LogP contribution in [0.3, 0.4) is 0 Å². The molecule has 5 nitrogen and oxygen atoms in total. The smallest absolute Gasteiger partial charge is 0.224 e. The average molecular weight is 328 g/mol. The summed E-state index contributed by atoms with van der Waals surface area (Å²) in [6, 6.07) is 13.8. The van der Waals surface area contributed by atoms with E-state index in [0.29, 0.717) is 5.76 Å². The Kier molecular flexibility index (Phi) is 5.67. The third-order valence-electron chi connectivity index (χ3n) is 4.47. The number of hydrogen-bond donors (Lipinski definition) is 2. The second-order valence-corrected chi connectivity index (χ2v) is 6.34. The minimum atomic E-state index is -0.798. The fourth-order valence-corrected chi connectivity index (χ4v) is 3.18. The zero-order chi connectivity index (χ0) is 16.8. The predicted octanol–water partition coefficient (Wildman–Crippen LogP) is 2.34. The second kappa shape index (κ2) is 8.13. The lowest BCUT2D eigenvalue weighted by Gasteiger charge is -2.32. The van der Waals surface area contributed by atoms with E-state index in [2.05, 4.69) is 22.3 Å². The maximum absolute atomic E-state index is 12.4. The summed E-state index contributed by atoms with van der Waals surface area (Å²) in [6.07, 6.45) is 2.63. The quantitative estimate of drug-likeness (QED) is 0.854. The molecule has 2 aromatic rings. The summed E-state index contributed by atoms with van der Waals surface area (Å²) >= 11 is 0. The van der Waals surface area contributed by atoms with E-state index < -0.39 is 6.10 Å². The first-order valence-corrected chi connectivity index (χ1v) is 8.48. The summed E-state index contributed by atoms with van der Waals surface area (Å²) in [5, 5.41) is 12.8. The van der Waals surface area contributed by atoms with Crippen LogP contribution in [0.25, 0.3) is 0 Å². The van der Waals surface area contributed by atoms with Gasteiger partial charge in [0.2, 0.25) is 5.91 Å². The number of likely N-dealkylation sites (tertiary alicyclic amines) is 1. The minimum Gasteiger partial charge on any atom is -0.467 e. The molecule has 2 N–H and O–H groups in total. The van der Waals surface area contributed by atoms with E-state index in [-0.39, 0.29) is 18.4 Å². The molecule has 2 unspecified atom stereocenters. The van der Waals surface area contributed by atoms with E-state index >= 15 is 0 Å². The zero-order valence-electron chi connectivity index (χ0n) is 13.7. The highest BCUT2D eigenvalue weighted by Gasteiger charge is 2.26. The van der Waals surface area contributed by atoms with Crippen LogP contribution in [-0.4, -0.2) is 35.5 Å². The highest BCUT2D eigenvalue weighted by molar-refractivity contribution is 5.79.